The first-order chi connectivity index (χ1) is 32.1. The molecule has 0 aromatic rings. The Morgan fingerprint density at radius 1 is 0.530 bits per heavy atom. The van der Waals surface area contributed by atoms with Gasteiger partial charge in [-0.25, -0.2) is 0 Å². The summed E-state index contributed by atoms with van der Waals surface area (Å²) < 4.78 is 22.7. The van der Waals surface area contributed by atoms with Gasteiger partial charge in [0.1, 0.15) is 48.8 Å². The van der Waals surface area contributed by atoms with Gasteiger partial charge in [0, 0.05) is 6.42 Å². The maximum atomic E-state index is 13.2. The maximum Gasteiger partial charge on any atom is 0.220 e. The van der Waals surface area contributed by atoms with Crippen LogP contribution in [0.3, 0.4) is 0 Å². The van der Waals surface area contributed by atoms with E-state index in [1.165, 1.54) is 154 Å². The third-order valence-electron chi connectivity index (χ3n) is 13.5. The molecule has 2 heterocycles. The molecule has 2 fully saturated rings. The van der Waals surface area contributed by atoms with Crippen LogP contribution in [0.15, 0.2) is 12.2 Å². The quantitative estimate of drug-likeness (QED) is 0.0213. The van der Waals surface area contributed by atoms with Crippen molar-refractivity contribution in [2.24, 2.45) is 0 Å². The number of carbonyl (C=O) groups is 1. The molecule has 14 heteroatoms. The number of allylic oxidation sites excluding steroid dienone is 1. The monoisotopic (exact) mass is 946 g/mol. The van der Waals surface area contributed by atoms with Gasteiger partial charge in [-0.05, 0) is 19.3 Å². The average molecular weight is 946 g/mol. The topological polar surface area (TPSA) is 228 Å². The number of amides is 1. The zero-order chi connectivity index (χ0) is 48.2. The highest BCUT2D eigenvalue weighted by Gasteiger charge is 2.51. The Labute approximate surface area is 399 Å². The second kappa shape index (κ2) is 39.5. The van der Waals surface area contributed by atoms with Crippen molar-refractivity contribution >= 4 is 5.91 Å². The van der Waals surface area contributed by atoms with Crippen LogP contribution in [0.1, 0.15) is 219 Å². The average Bonchev–Trinajstić information content (AvgIpc) is 3.31. The molecule has 0 aromatic heterocycles. The van der Waals surface area contributed by atoms with Crippen molar-refractivity contribution in [1.82, 2.24) is 5.32 Å². The Morgan fingerprint density at radius 3 is 1.39 bits per heavy atom. The summed E-state index contributed by atoms with van der Waals surface area (Å²) in [5, 5.41) is 86.8. The lowest BCUT2D eigenvalue weighted by Gasteiger charge is -2.46. The zero-order valence-corrected chi connectivity index (χ0v) is 41.5. The summed E-state index contributed by atoms with van der Waals surface area (Å²) in [7, 11) is 0. The molecule has 0 radical (unpaired) electrons. The standard InChI is InChI=1S/C52H99NO13/c1-3-5-7-9-11-13-15-17-19-20-22-24-26-28-30-32-34-36-44(57)53-40(41(56)35-33-31-29-27-25-23-21-18-16-14-12-10-8-6-4-2)39-63-51-49(62)47(60)50(43(38-55)65-51)66-52-48(61)46(59)45(58)42(37-54)64-52/h33,35,40-43,45-52,54-56,58-62H,3-32,34,36-39H2,1-2H3,(H,53,57)/b35-33+/t40-,41+,42+,43+,45-,46?,47?,48?,49?,50+,51+,52-/m0/s1. The minimum Gasteiger partial charge on any atom is -0.394 e. The van der Waals surface area contributed by atoms with Crippen LogP contribution in [0.2, 0.25) is 0 Å². The molecule has 4 unspecified atom stereocenters. The summed E-state index contributed by atoms with van der Waals surface area (Å²) in [6, 6.07) is -0.908. The van der Waals surface area contributed by atoms with E-state index in [1.54, 1.807) is 6.08 Å². The molecule has 2 saturated heterocycles. The zero-order valence-electron chi connectivity index (χ0n) is 41.5. The predicted octanol–water partition coefficient (Wildman–Crippen LogP) is 7.55. The van der Waals surface area contributed by atoms with E-state index in [4.69, 9.17) is 18.9 Å². The van der Waals surface area contributed by atoms with E-state index < -0.39 is 86.8 Å². The summed E-state index contributed by atoms with van der Waals surface area (Å²) in [5.74, 6) is -0.236. The summed E-state index contributed by atoms with van der Waals surface area (Å²) in [6.07, 6.45) is 25.3. The highest BCUT2D eigenvalue weighted by molar-refractivity contribution is 5.76. The number of aliphatic hydroxyl groups excluding tert-OH is 8. The minimum absolute atomic E-state index is 0.236. The Morgan fingerprint density at radius 2 is 0.939 bits per heavy atom. The summed E-state index contributed by atoms with van der Waals surface area (Å²) in [6.45, 7) is 2.80. The number of aliphatic hydroxyl groups is 8. The van der Waals surface area contributed by atoms with E-state index in [2.05, 4.69) is 19.2 Å². The molecule has 9 N–H and O–H groups in total. The van der Waals surface area contributed by atoms with Gasteiger partial charge in [0.25, 0.3) is 0 Å². The van der Waals surface area contributed by atoms with Crippen LogP contribution in [-0.4, -0.2) is 140 Å². The van der Waals surface area contributed by atoms with Crippen LogP contribution < -0.4 is 5.32 Å². The van der Waals surface area contributed by atoms with Gasteiger partial charge >= 0.3 is 0 Å². The van der Waals surface area contributed by atoms with Crippen LogP contribution >= 0.6 is 0 Å². The molecule has 0 aromatic carbocycles. The Balaban J connectivity index is 1.82. The van der Waals surface area contributed by atoms with Crippen molar-refractivity contribution in [2.45, 2.75) is 293 Å². The van der Waals surface area contributed by atoms with Gasteiger partial charge in [0.2, 0.25) is 5.91 Å². The molecule has 1 amide bonds. The number of hydrogen-bond donors (Lipinski definition) is 9. The molecule has 0 spiro atoms. The fraction of sp³-hybridized carbons (Fsp3) is 0.942. The SMILES string of the molecule is CCCCCCCCCCCCCCC/C=C/[C@@H](O)[C@H](CO[C@@H]1O[C@H](CO)[C@@H](O[C@@H]2O[C@H](CO)[C@H](O)C(O)C2O)C(O)C1O)NC(=O)CCCCCCCCCCCCCCCCCCC. The molecule has 14 nitrogen and oxygen atoms in total. The number of carbonyl (C=O) groups excluding carboxylic acids is 1. The van der Waals surface area contributed by atoms with Gasteiger partial charge in [0.05, 0.1) is 32.0 Å². The van der Waals surface area contributed by atoms with Gasteiger partial charge in [0.15, 0.2) is 12.6 Å². The molecule has 2 rings (SSSR count). The highest BCUT2D eigenvalue weighted by atomic mass is 16.7. The number of ether oxygens (including phenoxy) is 4. The lowest BCUT2D eigenvalue weighted by molar-refractivity contribution is -0.359. The maximum absolute atomic E-state index is 13.2. The van der Waals surface area contributed by atoms with Gasteiger partial charge in [-0.2, -0.15) is 0 Å². The van der Waals surface area contributed by atoms with E-state index in [9.17, 15) is 45.6 Å². The van der Waals surface area contributed by atoms with E-state index in [0.29, 0.717) is 6.42 Å². The molecular weight excluding hydrogens is 847 g/mol. The Hall–Kier alpha value is -1.27. The smallest absolute Gasteiger partial charge is 0.220 e. The molecule has 66 heavy (non-hydrogen) atoms. The molecular formula is C52H99NO13. The molecule has 0 saturated carbocycles. The summed E-state index contributed by atoms with van der Waals surface area (Å²) in [5.41, 5.74) is 0. The van der Waals surface area contributed by atoms with Gasteiger partial charge in [-0.3, -0.25) is 4.79 Å². The van der Waals surface area contributed by atoms with Crippen molar-refractivity contribution in [3.63, 3.8) is 0 Å². The lowest BCUT2D eigenvalue weighted by atomic mass is 9.97. The number of nitrogens with one attached hydrogen (secondary N) is 1. The number of hydrogen-bond acceptors (Lipinski definition) is 13. The molecule has 12 atom stereocenters. The van der Waals surface area contributed by atoms with Crippen LogP contribution in [0.5, 0.6) is 0 Å². The van der Waals surface area contributed by atoms with Crippen LogP contribution in [0.4, 0.5) is 0 Å². The first-order valence-electron chi connectivity index (χ1n) is 26.9. The van der Waals surface area contributed by atoms with E-state index >= 15 is 0 Å². The molecule has 0 aliphatic carbocycles. The Kier molecular flexibility index (Phi) is 36.4. The number of unbranched alkanes of at least 4 members (excludes halogenated alkanes) is 29. The van der Waals surface area contributed by atoms with Gasteiger partial charge in [-0.1, -0.05) is 206 Å². The normalized spacial score (nSPS) is 26.8. The van der Waals surface area contributed by atoms with E-state index in [0.717, 1.165) is 38.5 Å². The predicted molar refractivity (Wildman–Crippen MR) is 259 cm³/mol. The first kappa shape index (κ1) is 60.9. The fourth-order valence-electron chi connectivity index (χ4n) is 9.06. The summed E-state index contributed by atoms with van der Waals surface area (Å²) in [4.78, 5) is 13.2. The van der Waals surface area contributed by atoms with Crippen molar-refractivity contribution in [3.05, 3.63) is 12.2 Å². The third-order valence-corrected chi connectivity index (χ3v) is 13.5. The number of rotatable bonds is 42. The van der Waals surface area contributed by atoms with Gasteiger partial charge in [-0.15, -0.1) is 0 Å². The van der Waals surface area contributed by atoms with Gasteiger partial charge < -0.3 is 65.1 Å². The highest BCUT2D eigenvalue weighted by Crippen LogP contribution is 2.30. The first-order valence-corrected chi connectivity index (χ1v) is 26.9. The van der Waals surface area contributed by atoms with Crippen LogP contribution in [0, 0.1) is 0 Å². The third kappa shape index (κ3) is 26.1. The van der Waals surface area contributed by atoms with Crippen LogP contribution in [-0.2, 0) is 23.7 Å². The van der Waals surface area contributed by atoms with Crippen molar-refractivity contribution in [1.29, 1.82) is 0 Å². The molecule has 0 bridgehead atoms. The molecule has 2 aliphatic heterocycles. The minimum atomic E-state index is -1.78. The molecule has 2 aliphatic rings. The van der Waals surface area contributed by atoms with E-state index in [1.807, 2.05) is 6.08 Å². The fourth-order valence-corrected chi connectivity index (χ4v) is 9.06. The van der Waals surface area contributed by atoms with Crippen molar-refractivity contribution < 1.29 is 64.6 Å². The summed E-state index contributed by atoms with van der Waals surface area (Å²) >= 11 is 0. The lowest BCUT2D eigenvalue weighted by Crippen LogP contribution is -2.65. The van der Waals surface area contributed by atoms with Crippen LogP contribution in [0.25, 0.3) is 0 Å². The second-order valence-corrected chi connectivity index (χ2v) is 19.4. The van der Waals surface area contributed by atoms with Crippen molar-refractivity contribution in [2.75, 3.05) is 19.8 Å². The second-order valence-electron chi connectivity index (χ2n) is 19.4. The molecule has 390 valence electrons. The Bertz CT molecular complexity index is 1160. The van der Waals surface area contributed by atoms with E-state index in [-0.39, 0.29) is 18.9 Å². The van der Waals surface area contributed by atoms with Crippen molar-refractivity contribution in [3.8, 4) is 0 Å². The largest absolute Gasteiger partial charge is 0.394 e.